The number of amides is 1. The van der Waals surface area contributed by atoms with Crippen LogP contribution in [-0.2, 0) is 9.53 Å². The molecule has 1 aliphatic heterocycles. The molecule has 0 bridgehead atoms. The third-order valence-corrected chi connectivity index (χ3v) is 4.87. The van der Waals surface area contributed by atoms with Crippen molar-refractivity contribution in [2.45, 2.75) is 44.3 Å². The van der Waals surface area contributed by atoms with Crippen molar-refractivity contribution in [2.75, 3.05) is 20.3 Å². The van der Waals surface area contributed by atoms with Gasteiger partial charge in [-0.25, -0.2) is 0 Å². The zero-order valence-corrected chi connectivity index (χ0v) is 12.9. The molecule has 1 saturated heterocycles. The summed E-state index contributed by atoms with van der Waals surface area (Å²) >= 11 is 0. The smallest absolute Gasteiger partial charge is 0.244 e. The first kappa shape index (κ1) is 14.5. The van der Waals surface area contributed by atoms with E-state index in [0.717, 1.165) is 25.7 Å². The highest BCUT2D eigenvalue weighted by Gasteiger charge is 2.52. The number of ether oxygens (including phenoxy) is 1. The van der Waals surface area contributed by atoms with E-state index >= 15 is 0 Å². The molecule has 4 heteroatoms. The number of carbonyl (C=O) groups excluding carboxylic acids is 1. The summed E-state index contributed by atoms with van der Waals surface area (Å²) < 4.78 is 5.20. The van der Waals surface area contributed by atoms with Crippen LogP contribution < -0.4 is 5.32 Å². The summed E-state index contributed by atoms with van der Waals surface area (Å²) in [6.45, 7) is 3.32. The van der Waals surface area contributed by atoms with Crippen molar-refractivity contribution < 1.29 is 9.53 Å². The summed E-state index contributed by atoms with van der Waals surface area (Å²) in [5.74, 6) is 0.255. The molecular weight excluding hydrogens is 264 g/mol. The fourth-order valence-electron chi connectivity index (χ4n) is 3.69. The third-order valence-electron chi connectivity index (χ3n) is 4.87. The Labute approximate surface area is 126 Å². The lowest BCUT2D eigenvalue weighted by atomic mass is 9.98. The van der Waals surface area contributed by atoms with Gasteiger partial charge in [0.15, 0.2) is 0 Å². The van der Waals surface area contributed by atoms with Crippen molar-refractivity contribution >= 4 is 5.91 Å². The maximum Gasteiger partial charge on any atom is 0.244 e. The summed E-state index contributed by atoms with van der Waals surface area (Å²) in [4.78, 5) is 14.9. The number of hydrogen-bond acceptors (Lipinski definition) is 3. The maximum atomic E-state index is 12.9. The van der Waals surface area contributed by atoms with Crippen LogP contribution >= 0.6 is 0 Å². The average molecular weight is 288 g/mol. The Bertz CT molecular complexity index is 523. The van der Waals surface area contributed by atoms with Gasteiger partial charge in [-0.1, -0.05) is 37.1 Å². The molecule has 2 aliphatic rings. The lowest BCUT2D eigenvalue weighted by Crippen LogP contribution is -2.44. The second-order valence-electron chi connectivity index (χ2n) is 6.18. The maximum absolute atomic E-state index is 12.9. The van der Waals surface area contributed by atoms with Crippen molar-refractivity contribution in [1.29, 1.82) is 0 Å². The van der Waals surface area contributed by atoms with Gasteiger partial charge in [0.2, 0.25) is 5.91 Å². The summed E-state index contributed by atoms with van der Waals surface area (Å²) in [5, 5.41) is 3.65. The monoisotopic (exact) mass is 288 g/mol. The minimum atomic E-state index is -0.333. The molecule has 1 saturated carbocycles. The molecule has 1 N–H and O–H groups in total. The number of methoxy groups -OCH3 is 1. The molecule has 1 atom stereocenters. The van der Waals surface area contributed by atoms with Crippen LogP contribution in [0.2, 0.25) is 0 Å². The van der Waals surface area contributed by atoms with Crippen LogP contribution in [-0.4, -0.2) is 36.6 Å². The van der Waals surface area contributed by atoms with Crippen LogP contribution in [0.15, 0.2) is 24.3 Å². The van der Waals surface area contributed by atoms with Gasteiger partial charge in [0.05, 0.1) is 12.1 Å². The predicted octanol–water partition coefficient (Wildman–Crippen LogP) is 2.38. The van der Waals surface area contributed by atoms with Crippen molar-refractivity contribution in [1.82, 2.24) is 10.2 Å². The van der Waals surface area contributed by atoms with E-state index in [1.165, 1.54) is 11.1 Å². The molecule has 1 aliphatic carbocycles. The molecule has 1 amide bonds. The minimum Gasteiger partial charge on any atom is -0.383 e. The van der Waals surface area contributed by atoms with Crippen LogP contribution in [0.3, 0.4) is 0 Å². The first-order valence-electron chi connectivity index (χ1n) is 7.81. The van der Waals surface area contributed by atoms with Gasteiger partial charge in [-0.15, -0.1) is 0 Å². The average Bonchev–Trinajstić information content (AvgIpc) is 3.06. The summed E-state index contributed by atoms with van der Waals surface area (Å²) in [6.07, 6.45) is 4.16. The van der Waals surface area contributed by atoms with E-state index in [1.54, 1.807) is 7.11 Å². The van der Waals surface area contributed by atoms with Gasteiger partial charge in [-0.05, 0) is 30.9 Å². The normalized spacial score (nSPS) is 24.2. The predicted molar refractivity (Wildman–Crippen MR) is 81.8 cm³/mol. The molecule has 1 spiro atoms. The van der Waals surface area contributed by atoms with Crippen LogP contribution in [0, 0.1) is 6.92 Å². The van der Waals surface area contributed by atoms with Crippen molar-refractivity contribution in [3.05, 3.63) is 35.4 Å². The number of rotatable bonds is 4. The molecule has 4 nitrogen and oxygen atoms in total. The molecule has 0 radical (unpaired) electrons. The number of nitrogens with one attached hydrogen (secondary N) is 1. The van der Waals surface area contributed by atoms with E-state index in [9.17, 15) is 4.79 Å². The molecule has 1 aromatic rings. The molecule has 0 aromatic heterocycles. The quantitative estimate of drug-likeness (QED) is 0.925. The molecule has 21 heavy (non-hydrogen) atoms. The summed E-state index contributed by atoms with van der Waals surface area (Å²) in [6, 6.07) is 8.31. The Morgan fingerprint density at radius 1 is 1.33 bits per heavy atom. The Hall–Kier alpha value is -1.39. The molecule has 2 fully saturated rings. The Morgan fingerprint density at radius 2 is 2.05 bits per heavy atom. The molecule has 114 valence electrons. The summed E-state index contributed by atoms with van der Waals surface area (Å²) in [5.41, 5.74) is 2.09. The number of hydrogen-bond donors (Lipinski definition) is 1. The second-order valence-corrected chi connectivity index (χ2v) is 6.18. The number of nitrogens with zero attached hydrogens (tertiary/aromatic N) is 1. The van der Waals surface area contributed by atoms with Crippen molar-refractivity contribution in [2.24, 2.45) is 0 Å². The highest BCUT2D eigenvalue weighted by molar-refractivity contribution is 5.89. The largest absolute Gasteiger partial charge is 0.383 e. The van der Waals surface area contributed by atoms with Gasteiger partial charge in [-0.2, -0.15) is 0 Å². The zero-order valence-electron chi connectivity index (χ0n) is 12.9. The SMILES string of the molecule is COCCN1C(=O)C2(CCCC2)NC1c1ccccc1C. The van der Waals surface area contributed by atoms with E-state index in [0.29, 0.717) is 13.2 Å². The molecule has 1 unspecified atom stereocenters. The van der Waals surface area contributed by atoms with Crippen molar-refractivity contribution in [3.8, 4) is 0 Å². The first-order chi connectivity index (χ1) is 10.2. The van der Waals surface area contributed by atoms with Crippen molar-refractivity contribution in [3.63, 3.8) is 0 Å². The third kappa shape index (κ3) is 2.47. The fourth-order valence-corrected chi connectivity index (χ4v) is 3.69. The Kier molecular flexibility index (Phi) is 4.00. The molecule has 3 rings (SSSR count). The van der Waals surface area contributed by atoms with Crippen LogP contribution in [0.5, 0.6) is 0 Å². The highest BCUT2D eigenvalue weighted by Crippen LogP contribution is 2.41. The van der Waals surface area contributed by atoms with Gasteiger partial charge in [0.1, 0.15) is 6.17 Å². The van der Waals surface area contributed by atoms with Gasteiger partial charge in [0, 0.05) is 13.7 Å². The van der Waals surface area contributed by atoms with E-state index in [-0.39, 0.29) is 17.6 Å². The number of benzene rings is 1. The molecule has 1 aromatic carbocycles. The topological polar surface area (TPSA) is 41.6 Å². The number of carbonyl (C=O) groups is 1. The van der Waals surface area contributed by atoms with Gasteiger partial charge in [-0.3, -0.25) is 10.1 Å². The molecule has 1 heterocycles. The van der Waals surface area contributed by atoms with E-state index in [1.807, 2.05) is 17.0 Å². The van der Waals surface area contributed by atoms with E-state index in [4.69, 9.17) is 4.74 Å². The van der Waals surface area contributed by atoms with Gasteiger partial charge < -0.3 is 9.64 Å². The highest BCUT2D eigenvalue weighted by atomic mass is 16.5. The second kappa shape index (κ2) is 5.78. The summed E-state index contributed by atoms with van der Waals surface area (Å²) in [7, 11) is 1.68. The standard InChI is InChI=1S/C17H24N2O2/c1-13-7-3-4-8-14(13)15-18-17(9-5-6-10-17)16(20)19(15)11-12-21-2/h3-4,7-8,15,18H,5-6,9-12H2,1-2H3. The zero-order chi connectivity index (χ0) is 14.9. The Morgan fingerprint density at radius 3 is 2.71 bits per heavy atom. The van der Waals surface area contributed by atoms with Gasteiger partial charge >= 0.3 is 0 Å². The van der Waals surface area contributed by atoms with Gasteiger partial charge in [0.25, 0.3) is 0 Å². The van der Waals surface area contributed by atoms with Crippen LogP contribution in [0.4, 0.5) is 0 Å². The lowest BCUT2D eigenvalue weighted by Gasteiger charge is -2.25. The molecular formula is C17H24N2O2. The van der Waals surface area contributed by atoms with E-state index < -0.39 is 0 Å². The number of aryl methyl sites for hydroxylation is 1. The lowest BCUT2D eigenvalue weighted by molar-refractivity contribution is -0.133. The fraction of sp³-hybridized carbons (Fsp3) is 0.588. The van der Waals surface area contributed by atoms with E-state index in [2.05, 4.69) is 24.4 Å². The van der Waals surface area contributed by atoms with Crippen LogP contribution in [0.25, 0.3) is 0 Å². The first-order valence-corrected chi connectivity index (χ1v) is 7.81. The minimum absolute atomic E-state index is 0.0213. The Balaban J connectivity index is 1.93. The van der Waals surface area contributed by atoms with Crippen LogP contribution in [0.1, 0.15) is 43.0 Å².